The molecule has 10 heteroatoms. The minimum absolute atomic E-state index is 0.0318. The van der Waals surface area contributed by atoms with Crippen molar-refractivity contribution in [1.29, 1.82) is 0 Å². The fourth-order valence-corrected chi connectivity index (χ4v) is 4.29. The molecular formula is C29H29BrN4O5. The number of rotatable bonds is 8. The van der Waals surface area contributed by atoms with Crippen molar-refractivity contribution in [2.24, 2.45) is 5.10 Å². The molecule has 0 saturated carbocycles. The smallest absolute Gasteiger partial charge is 0.315 e. The van der Waals surface area contributed by atoms with Crippen LogP contribution in [-0.4, -0.2) is 27.4 Å². The van der Waals surface area contributed by atoms with E-state index in [1.165, 1.54) is 17.0 Å². The van der Waals surface area contributed by atoms with Gasteiger partial charge in [-0.1, -0.05) is 66.5 Å². The maximum absolute atomic E-state index is 13.4. The molecule has 0 fully saturated rings. The monoisotopic (exact) mass is 592 g/mol. The van der Waals surface area contributed by atoms with Gasteiger partial charge in [-0.3, -0.25) is 14.9 Å². The molecule has 0 aliphatic carbocycles. The van der Waals surface area contributed by atoms with Crippen LogP contribution >= 0.6 is 15.9 Å². The van der Waals surface area contributed by atoms with Crippen molar-refractivity contribution in [2.75, 3.05) is 6.61 Å². The number of aromatic nitrogens is 2. The quantitative estimate of drug-likeness (QED) is 0.131. The molecule has 4 rings (SSSR count). The summed E-state index contributed by atoms with van der Waals surface area (Å²) in [6, 6.07) is 16.0. The number of nitro groups is 1. The Balaban J connectivity index is 1.79. The van der Waals surface area contributed by atoms with Gasteiger partial charge in [-0.15, -0.1) is 0 Å². The molecule has 1 aromatic heterocycles. The summed E-state index contributed by atoms with van der Waals surface area (Å²) in [5, 5.41) is 16.9. The molecule has 0 aliphatic rings. The minimum atomic E-state index is -0.522. The molecule has 0 aliphatic heterocycles. The van der Waals surface area contributed by atoms with Crippen LogP contribution in [0, 0.1) is 17.0 Å². The van der Waals surface area contributed by atoms with Crippen molar-refractivity contribution >= 4 is 38.7 Å². The van der Waals surface area contributed by atoms with Crippen LogP contribution in [0.1, 0.15) is 50.2 Å². The third-order valence-corrected chi connectivity index (χ3v) is 6.35. The summed E-state index contributed by atoms with van der Waals surface area (Å²) in [6.45, 7) is 9.98. The zero-order valence-electron chi connectivity index (χ0n) is 22.4. The van der Waals surface area contributed by atoms with Crippen LogP contribution < -0.4 is 15.0 Å². The molecule has 0 N–H and O–H groups in total. The highest BCUT2D eigenvalue weighted by Gasteiger charge is 2.24. The van der Waals surface area contributed by atoms with Crippen LogP contribution in [0.25, 0.3) is 10.9 Å². The van der Waals surface area contributed by atoms with Gasteiger partial charge in [-0.05, 0) is 43.7 Å². The molecule has 0 atom stereocenters. The highest BCUT2D eigenvalue weighted by molar-refractivity contribution is 9.10. The molecule has 0 saturated heterocycles. The van der Waals surface area contributed by atoms with Crippen molar-refractivity contribution < 1.29 is 14.4 Å². The van der Waals surface area contributed by atoms with Crippen molar-refractivity contribution in [3.05, 3.63) is 102 Å². The molecule has 0 radical (unpaired) electrons. The summed E-state index contributed by atoms with van der Waals surface area (Å²) < 4.78 is 13.6. The van der Waals surface area contributed by atoms with Crippen LogP contribution in [0.5, 0.6) is 11.5 Å². The zero-order chi connectivity index (χ0) is 28.3. The first-order valence-corrected chi connectivity index (χ1v) is 13.2. The van der Waals surface area contributed by atoms with Crippen LogP contribution in [0.4, 0.5) is 5.69 Å². The largest absolute Gasteiger partial charge is 0.490 e. The molecule has 9 nitrogen and oxygen atoms in total. The third-order valence-electron chi connectivity index (χ3n) is 5.86. The van der Waals surface area contributed by atoms with Crippen molar-refractivity contribution in [3.8, 4) is 11.5 Å². The maximum Gasteiger partial charge on any atom is 0.315 e. The minimum Gasteiger partial charge on any atom is -0.490 e. The Hall–Kier alpha value is -4.05. The van der Waals surface area contributed by atoms with Gasteiger partial charge in [0.1, 0.15) is 12.4 Å². The lowest BCUT2D eigenvalue weighted by molar-refractivity contribution is -0.386. The molecule has 202 valence electrons. The number of hydrogen-bond donors (Lipinski definition) is 0. The molecule has 3 aromatic carbocycles. The lowest BCUT2D eigenvalue weighted by Gasteiger charge is -2.21. The van der Waals surface area contributed by atoms with Crippen LogP contribution in [0.2, 0.25) is 0 Å². The Morgan fingerprint density at radius 3 is 2.46 bits per heavy atom. The predicted octanol–water partition coefficient (Wildman–Crippen LogP) is 6.53. The summed E-state index contributed by atoms with van der Waals surface area (Å²) >= 11 is 3.40. The highest BCUT2D eigenvalue weighted by atomic mass is 79.9. The number of benzene rings is 3. The van der Waals surface area contributed by atoms with E-state index >= 15 is 0 Å². The van der Waals surface area contributed by atoms with E-state index < -0.39 is 10.3 Å². The van der Waals surface area contributed by atoms with Gasteiger partial charge in [-0.25, -0.2) is 4.98 Å². The van der Waals surface area contributed by atoms with Gasteiger partial charge in [0, 0.05) is 21.5 Å². The Morgan fingerprint density at radius 1 is 1.10 bits per heavy atom. The van der Waals surface area contributed by atoms with Gasteiger partial charge in [0.25, 0.3) is 5.56 Å². The number of hydrogen-bond acceptors (Lipinski definition) is 7. The second-order valence-electron chi connectivity index (χ2n) is 10.0. The number of halogens is 1. The molecule has 0 unspecified atom stereocenters. The molecule has 0 bridgehead atoms. The molecule has 0 spiro atoms. The average Bonchev–Trinajstić information content (AvgIpc) is 2.88. The SMILES string of the molecule is CCOc1cc(C=Nn2c(C(C)(C)C)nc3ccc(Br)cc3c2=O)cc([N+](=O)[O-])c1OCc1ccc(C)cc1. The van der Waals surface area contributed by atoms with Crippen molar-refractivity contribution in [3.63, 3.8) is 0 Å². The first-order valence-electron chi connectivity index (χ1n) is 12.4. The van der Waals surface area contributed by atoms with Gasteiger partial charge in [0.05, 0.1) is 28.6 Å². The van der Waals surface area contributed by atoms with Crippen LogP contribution in [-0.2, 0) is 12.0 Å². The number of aryl methyl sites for hydroxylation is 1. The predicted molar refractivity (Wildman–Crippen MR) is 155 cm³/mol. The Bertz CT molecular complexity index is 1620. The zero-order valence-corrected chi connectivity index (χ0v) is 24.0. The molecule has 0 amide bonds. The Labute approximate surface area is 234 Å². The molecular weight excluding hydrogens is 564 g/mol. The van der Waals surface area contributed by atoms with E-state index in [0.717, 1.165) is 15.6 Å². The van der Waals surface area contributed by atoms with Gasteiger partial charge >= 0.3 is 5.69 Å². The van der Waals surface area contributed by atoms with E-state index in [9.17, 15) is 14.9 Å². The molecule has 4 aromatic rings. The summed E-state index contributed by atoms with van der Waals surface area (Å²) in [5.41, 5.74) is 1.78. The van der Waals surface area contributed by atoms with Crippen LogP contribution in [0.15, 0.2) is 69.0 Å². The number of ether oxygens (including phenoxy) is 2. The Kier molecular flexibility index (Phi) is 8.15. The highest BCUT2D eigenvalue weighted by Crippen LogP contribution is 2.39. The second kappa shape index (κ2) is 11.4. The second-order valence-corrected chi connectivity index (χ2v) is 11.0. The normalized spacial score (nSPS) is 11.7. The summed E-state index contributed by atoms with van der Waals surface area (Å²) in [6.07, 6.45) is 1.39. The van der Waals surface area contributed by atoms with E-state index in [0.29, 0.717) is 22.3 Å². The van der Waals surface area contributed by atoms with Gasteiger partial charge < -0.3 is 9.47 Å². The van der Waals surface area contributed by atoms with Gasteiger partial charge in [0.2, 0.25) is 5.75 Å². The number of nitrogens with zero attached hydrogens (tertiary/aromatic N) is 4. The van der Waals surface area contributed by atoms with Crippen molar-refractivity contribution in [2.45, 2.75) is 46.6 Å². The lowest BCUT2D eigenvalue weighted by Crippen LogP contribution is -2.29. The summed E-state index contributed by atoms with van der Waals surface area (Å²) in [5.74, 6) is 0.699. The van der Waals surface area contributed by atoms with E-state index in [1.807, 2.05) is 58.0 Å². The number of fused-ring (bicyclic) bond motifs is 1. The van der Waals surface area contributed by atoms with Gasteiger partial charge in [0.15, 0.2) is 5.75 Å². The lowest BCUT2D eigenvalue weighted by atomic mass is 9.95. The summed E-state index contributed by atoms with van der Waals surface area (Å²) in [4.78, 5) is 29.7. The van der Waals surface area contributed by atoms with Crippen LogP contribution in [0.3, 0.4) is 0 Å². The topological polar surface area (TPSA) is 109 Å². The number of nitro benzene ring substituents is 1. The Morgan fingerprint density at radius 2 is 1.82 bits per heavy atom. The standard InChI is InChI=1S/C29H29BrN4O5/c1-6-38-25-14-20(13-24(34(36)37)26(25)39-17-19-9-7-18(2)8-10-19)16-31-33-27(35)22-15-21(30)11-12-23(22)32-28(33)29(3,4)5/h7-16H,6,17H2,1-5H3. The van der Waals surface area contributed by atoms with E-state index in [4.69, 9.17) is 14.5 Å². The van der Waals surface area contributed by atoms with E-state index in [2.05, 4.69) is 21.0 Å². The maximum atomic E-state index is 13.4. The third kappa shape index (κ3) is 6.34. The van der Waals surface area contributed by atoms with E-state index in [-0.39, 0.29) is 36.0 Å². The molecule has 39 heavy (non-hydrogen) atoms. The average molecular weight is 593 g/mol. The van der Waals surface area contributed by atoms with Crippen molar-refractivity contribution in [1.82, 2.24) is 9.66 Å². The first kappa shape index (κ1) is 28.0. The summed E-state index contributed by atoms with van der Waals surface area (Å²) in [7, 11) is 0. The molecule has 1 heterocycles. The fourth-order valence-electron chi connectivity index (χ4n) is 3.93. The van der Waals surface area contributed by atoms with E-state index in [1.54, 1.807) is 25.1 Å². The first-order chi connectivity index (χ1) is 18.5. The van der Waals surface area contributed by atoms with Gasteiger partial charge in [-0.2, -0.15) is 9.78 Å². The fraction of sp³-hybridized carbons (Fsp3) is 0.276.